The van der Waals surface area contributed by atoms with Gasteiger partial charge in [-0.3, -0.25) is 9.78 Å². The van der Waals surface area contributed by atoms with Crippen molar-refractivity contribution >= 4 is 5.91 Å². The number of hydrogen-bond donors (Lipinski definition) is 1. The molecule has 0 spiro atoms. The average molecular weight is 310 g/mol. The molecule has 0 aliphatic carbocycles. The lowest BCUT2D eigenvalue weighted by molar-refractivity contribution is 0.0462. The van der Waals surface area contributed by atoms with Gasteiger partial charge in [-0.2, -0.15) is 0 Å². The molecule has 1 fully saturated rings. The van der Waals surface area contributed by atoms with Gasteiger partial charge in [-0.15, -0.1) is 0 Å². The van der Waals surface area contributed by atoms with Crippen LogP contribution in [0, 0.1) is 12.8 Å². The van der Waals surface area contributed by atoms with Crippen LogP contribution in [0.4, 0.5) is 0 Å². The molecular weight excluding hydrogens is 288 g/mol. The smallest absolute Gasteiger partial charge is 0.255 e. The number of piperidine rings is 1. The molecule has 2 aromatic rings. The summed E-state index contributed by atoms with van der Waals surface area (Å²) in [7, 11) is 0. The fourth-order valence-corrected chi connectivity index (χ4v) is 3.12. The second kappa shape index (κ2) is 6.92. The van der Waals surface area contributed by atoms with Crippen molar-refractivity contribution in [3.8, 4) is 0 Å². The summed E-state index contributed by atoms with van der Waals surface area (Å²) >= 11 is 0. The maximum absolute atomic E-state index is 12.5. The molecule has 120 valence electrons. The number of benzene rings is 1. The molecule has 2 heterocycles. The third-order valence-electron chi connectivity index (χ3n) is 4.57. The molecule has 1 aromatic heterocycles. The van der Waals surface area contributed by atoms with Crippen LogP contribution in [0.1, 0.15) is 40.6 Å². The number of pyridine rings is 1. The van der Waals surface area contributed by atoms with E-state index in [2.05, 4.69) is 4.98 Å². The monoisotopic (exact) mass is 310 g/mol. The number of nitrogens with zero attached hydrogens (tertiary/aromatic N) is 2. The van der Waals surface area contributed by atoms with Crippen LogP contribution < -0.4 is 0 Å². The zero-order chi connectivity index (χ0) is 16.2. The molecule has 1 amide bonds. The molecule has 1 unspecified atom stereocenters. The lowest BCUT2D eigenvalue weighted by Crippen LogP contribution is -2.39. The van der Waals surface area contributed by atoms with Crippen LogP contribution in [0.3, 0.4) is 0 Å². The van der Waals surface area contributed by atoms with E-state index in [4.69, 9.17) is 0 Å². The fraction of sp³-hybridized carbons (Fsp3) is 0.368. The first-order valence-electron chi connectivity index (χ1n) is 8.10. The van der Waals surface area contributed by atoms with Crippen LogP contribution in [0.2, 0.25) is 0 Å². The summed E-state index contributed by atoms with van der Waals surface area (Å²) < 4.78 is 0. The first-order valence-corrected chi connectivity index (χ1v) is 8.10. The minimum atomic E-state index is -0.450. The SMILES string of the molecule is Cc1ccc(C(=O)N2CCC(C(O)c3ccccc3)CC2)cn1. The van der Waals surface area contributed by atoms with Gasteiger partial charge in [0.2, 0.25) is 0 Å². The highest BCUT2D eigenvalue weighted by Gasteiger charge is 2.28. The van der Waals surface area contributed by atoms with Crippen molar-refractivity contribution in [1.82, 2.24) is 9.88 Å². The standard InChI is InChI=1S/C19H22N2O2/c1-14-7-8-17(13-20-14)19(23)21-11-9-16(10-12-21)18(22)15-5-3-2-4-6-15/h2-8,13,16,18,22H,9-12H2,1H3. The first kappa shape index (κ1) is 15.7. The van der Waals surface area contributed by atoms with Crippen molar-refractivity contribution in [2.45, 2.75) is 25.9 Å². The molecular formula is C19H22N2O2. The second-order valence-corrected chi connectivity index (χ2v) is 6.17. The summed E-state index contributed by atoms with van der Waals surface area (Å²) in [5.74, 6) is 0.239. The topological polar surface area (TPSA) is 53.4 Å². The third-order valence-corrected chi connectivity index (χ3v) is 4.57. The zero-order valence-corrected chi connectivity index (χ0v) is 13.4. The van der Waals surface area contributed by atoms with Crippen LogP contribution in [0.15, 0.2) is 48.7 Å². The van der Waals surface area contributed by atoms with E-state index in [1.54, 1.807) is 6.20 Å². The minimum absolute atomic E-state index is 0.0325. The van der Waals surface area contributed by atoms with Crippen LogP contribution in [-0.4, -0.2) is 34.0 Å². The van der Waals surface area contributed by atoms with Gasteiger partial charge in [0, 0.05) is 25.0 Å². The van der Waals surface area contributed by atoms with E-state index in [-0.39, 0.29) is 11.8 Å². The predicted molar refractivity (Wildman–Crippen MR) is 89.0 cm³/mol. The number of hydrogen-bond acceptors (Lipinski definition) is 3. The number of aliphatic hydroxyl groups excluding tert-OH is 1. The highest BCUT2D eigenvalue weighted by molar-refractivity contribution is 5.93. The van der Waals surface area contributed by atoms with Crippen molar-refractivity contribution in [3.05, 3.63) is 65.5 Å². The Morgan fingerprint density at radius 1 is 1.17 bits per heavy atom. The van der Waals surface area contributed by atoms with Crippen molar-refractivity contribution < 1.29 is 9.90 Å². The first-order chi connectivity index (χ1) is 11.1. The molecule has 23 heavy (non-hydrogen) atoms. The Morgan fingerprint density at radius 2 is 1.87 bits per heavy atom. The van der Waals surface area contributed by atoms with Gasteiger partial charge >= 0.3 is 0 Å². The van der Waals surface area contributed by atoms with Gasteiger partial charge in [0.15, 0.2) is 0 Å². The number of aromatic nitrogens is 1. The Bertz CT molecular complexity index is 647. The van der Waals surface area contributed by atoms with E-state index < -0.39 is 6.10 Å². The van der Waals surface area contributed by atoms with Crippen LogP contribution in [0.5, 0.6) is 0 Å². The van der Waals surface area contributed by atoms with Gasteiger partial charge in [0.25, 0.3) is 5.91 Å². The van der Waals surface area contributed by atoms with Gasteiger partial charge in [-0.05, 0) is 43.4 Å². The van der Waals surface area contributed by atoms with Crippen LogP contribution >= 0.6 is 0 Å². The molecule has 0 bridgehead atoms. The van der Waals surface area contributed by atoms with Crippen LogP contribution in [-0.2, 0) is 0 Å². The van der Waals surface area contributed by atoms with Crippen molar-refractivity contribution in [2.75, 3.05) is 13.1 Å². The van der Waals surface area contributed by atoms with Crippen molar-refractivity contribution in [1.29, 1.82) is 0 Å². The number of rotatable bonds is 3. The molecule has 1 aliphatic heterocycles. The quantitative estimate of drug-likeness (QED) is 0.948. The number of aliphatic hydroxyl groups is 1. The summed E-state index contributed by atoms with van der Waals surface area (Å²) in [6.45, 7) is 3.27. The van der Waals surface area contributed by atoms with Gasteiger partial charge in [0.1, 0.15) is 0 Å². The molecule has 4 nitrogen and oxygen atoms in total. The number of aryl methyl sites for hydroxylation is 1. The van der Waals surface area contributed by atoms with Gasteiger partial charge in [0.05, 0.1) is 11.7 Å². The number of carbonyl (C=O) groups is 1. The van der Waals surface area contributed by atoms with E-state index in [0.717, 1.165) is 24.1 Å². The number of likely N-dealkylation sites (tertiary alicyclic amines) is 1. The van der Waals surface area contributed by atoms with E-state index in [1.165, 1.54) is 0 Å². The largest absolute Gasteiger partial charge is 0.388 e. The van der Waals surface area contributed by atoms with Crippen molar-refractivity contribution in [3.63, 3.8) is 0 Å². The Morgan fingerprint density at radius 3 is 2.48 bits per heavy atom. The normalized spacial score (nSPS) is 17.0. The van der Waals surface area contributed by atoms with Crippen LogP contribution in [0.25, 0.3) is 0 Å². The highest BCUT2D eigenvalue weighted by atomic mass is 16.3. The number of amides is 1. The second-order valence-electron chi connectivity index (χ2n) is 6.17. The average Bonchev–Trinajstić information content (AvgIpc) is 2.62. The Balaban J connectivity index is 1.60. The molecule has 1 N–H and O–H groups in total. The Hall–Kier alpha value is -2.20. The van der Waals surface area contributed by atoms with Gasteiger partial charge in [-0.1, -0.05) is 30.3 Å². The summed E-state index contributed by atoms with van der Waals surface area (Å²) in [5.41, 5.74) is 2.50. The van der Waals surface area contributed by atoms with E-state index >= 15 is 0 Å². The molecule has 0 saturated carbocycles. The highest BCUT2D eigenvalue weighted by Crippen LogP contribution is 2.30. The lowest BCUT2D eigenvalue weighted by atomic mass is 9.87. The van der Waals surface area contributed by atoms with E-state index in [9.17, 15) is 9.90 Å². The molecule has 0 radical (unpaired) electrons. The van der Waals surface area contributed by atoms with E-state index in [1.807, 2.05) is 54.3 Å². The molecule has 3 rings (SSSR count). The summed E-state index contributed by atoms with van der Waals surface area (Å²) in [5, 5.41) is 10.5. The molecule has 1 aromatic carbocycles. The molecule has 1 atom stereocenters. The molecule has 4 heteroatoms. The Labute approximate surface area is 136 Å². The minimum Gasteiger partial charge on any atom is -0.388 e. The Kier molecular flexibility index (Phi) is 4.72. The molecule has 1 aliphatic rings. The summed E-state index contributed by atoms with van der Waals surface area (Å²) in [4.78, 5) is 18.5. The maximum atomic E-state index is 12.5. The van der Waals surface area contributed by atoms with Gasteiger partial charge < -0.3 is 10.0 Å². The summed E-state index contributed by atoms with van der Waals surface area (Å²) in [6.07, 6.45) is 2.83. The fourth-order valence-electron chi connectivity index (χ4n) is 3.12. The van der Waals surface area contributed by atoms with Gasteiger partial charge in [-0.25, -0.2) is 0 Å². The lowest BCUT2D eigenvalue weighted by Gasteiger charge is -2.34. The van der Waals surface area contributed by atoms with E-state index in [0.29, 0.717) is 18.7 Å². The molecule has 1 saturated heterocycles. The predicted octanol–water partition coefficient (Wildman–Crippen LogP) is 2.98. The van der Waals surface area contributed by atoms with Crippen molar-refractivity contribution in [2.24, 2.45) is 5.92 Å². The third kappa shape index (κ3) is 3.59. The maximum Gasteiger partial charge on any atom is 0.255 e. The summed E-state index contributed by atoms with van der Waals surface area (Å²) in [6, 6.07) is 13.4. The number of carbonyl (C=O) groups excluding carboxylic acids is 1. The zero-order valence-electron chi connectivity index (χ0n) is 13.4.